The molecule has 29 heavy (non-hydrogen) atoms. The maximum absolute atomic E-state index is 12.4. The van der Waals surface area contributed by atoms with Crippen LogP contribution in [0.2, 0.25) is 0 Å². The van der Waals surface area contributed by atoms with E-state index in [0.717, 1.165) is 0 Å². The third-order valence-corrected chi connectivity index (χ3v) is 4.60. The maximum atomic E-state index is 12.4. The third kappa shape index (κ3) is 5.48. The summed E-state index contributed by atoms with van der Waals surface area (Å²) in [5, 5.41) is 2.82. The number of methoxy groups -OCH3 is 1. The molecule has 0 aromatic heterocycles. The zero-order chi connectivity index (χ0) is 20.8. The van der Waals surface area contributed by atoms with E-state index in [4.69, 9.17) is 14.2 Å². The molecule has 0 radical (unpaired) electrons. The lowest BCUT2D eigenvalue weighted by molar-refractivity contribution is -0.145. The highest BCUT2D eigenvalue weighted by Gasteiger charge is 2.26. The molecular weight excluding hydrogens is 372 g/mol. The summed E-state index contributed by atoms with van der Waals surface area (Å²) in [5.41, 5.74) is 1.07. The largest absolute Gasteiger partial charge is 0.496 e. The Morgan fingerprint density at radius 1 is 1.07 bits per heavy atom. The lowest BCUT2D eigenvalue weighted by atomic mass is 10.2. The molecule has 154 valence electrons. The Kier molecular flexibility index (Phi) is 6.72. The van der Waals surface area contributed by atoms with Crippen LogP contribution in [0, 0.1) is 0 Å². The van der Waals surface area contributed by atoms with Gasteiger partial charge in [0.2, 0.25) is 0 Å². The molecule has 1 aliphatic heterocycles. The first-order valence-corrected chi connectivity index (χ1v) is 9.56. The molecule has 3 rings (SSSR count). The van der Waals surface area contributed by atoms with Crippen LogP contribution in [-0.4, -0.2) is 55.7 Å². The van der Waals surface area contributed by atoms with Crippen molar-refractivity contribution in [1.82, 2.24) is 4.90 Å². The van der Waals surface area contributed by atoms with Gasteiger partial charge in [-0.2, -0.15) is 0 Å². The number of amides is 2. The summed E-state index contributed by atoms with van der Waals surface area (Å²) in [6.45, 7) is 5.01. The summed E-state index contributed by atoms with van der Waals surface area (Å²) in [5.74, 6) is 0.737. The average Bonchev–Trinajstić information content (AvgIpc) is 2.72. The second kappa shape index (κ2) is 9.43. The molecule has 7 heteroatoms. The van der Waals surface area contributed by atoms with Crippen LogP contribution in [0.3, 0.4) is 0 Å². The first-order valence-electron chi connectivity index (χ1n) is 9.56. The van der Waals surface area contributed by atoms with Crippen LogP contribution >= 0.6 is 0 Å². The number of hydrogen-bond donors (Lipinski definition) is 1. The van der Waals surface area contributed by atoms with Gasteiger partial charge in [-0.1, -0.05) is 12.1 Å². The molecule has 7 nitrogen and oxygen atoms in total. The number of carbonyl (C=O) groups excluding carboxylic acids is 2. The molecular formula is C22H26N2O5. The summed E-state index contributed by atoms with van der Waals surface area (Å²) in [6.07, 6.45) is 0.0441. The Morgan fingerprint density at radius 2 is 1.72 bits per heavy atom. The summed E-state index contributed by atoms with van der Waals surface area (Å²) in [7, 11) is 1.53. The summed E-state index contributed by atoms with van der Waals surface area (Å²) >= 11 is 0. The van der Waals surface area contributed by atoms with E-state index in [1.165, 1.54) is 7.11 Å². The maximum Gasteiger partial charge on any atom is 0.260 e. The van der Waals surface area contributed by atoms with Crippen molar-refractivity contribution in [3.05, 3.63) is 54.1 Å². The normalized spacial score (nSPS) is 18.8. The topological polar surface area (TPSA) is 77.1 Å². The van der Waals surface area contributed by atoms with Crippen molar-refractivity contribution in [1.29, 1.82) is 0 Å². The summed E-state index contributed by atoms with van der Waals surface area (Å²) < 4.78 is 16.5. The van der Waals surface area contributed by atoms with E-state index in [9.17, 15) is 9.59 Å². The quantitative estimate of drug-likeness (QED) is 0.810. The fourth-order valence-electron chi connectivity index (χ4n) is 3.28. The lowest BCUT2D eigenvalue weighted by Crippen LogP contribution is -2.49. The second-order valence-electron chi connectivity index (χ2n) is 7.02. The number of anilines is 1. The van der Waals surface area contributed by atoms with Crippen molar-refractivity contribution in [3.8, 4) is 11.5 Å². The molecule has 0 bridgehead atoms. The van der Waals surface area contributed by atoms with Crippen molar-refractivity contribution < 1.29 is 23.8 Å². The molecule has 1 N–H and O–H groups in total. The van der Waals surface area contributed by atoms with E-state index in [-0.39, 0.29) is 30.6 Å². The lowest BCUT2D eigenvalue weighted by Gasteiger charge is -2.35. The first kappa shape index (κ1) is 20.7. The van der Waals surface area contributed by atoms with Crippen molar-refractivity contribution in [3.63, 3.8) is 0 Å². The fraction of sp³-hybridized carbons (Fsp3) is 0.364. The number of benzene rings is 2. The fourth-order valence-corrected chi connectivity index (χ4v) is 3.28. The van der Waals surface area contributed by atoms with Gasteiger partial charge in [0.05, 0.1) is 24.9 Å². The number of nitrogens with zero attached hydrogens (tertiary/aromatic N) is 1. The van der Waals surface area contributed by atoms with E-state index in [1.54, 1.807) is 53.4 Å². The molecule has 2 amide bonds. The van der Waals surface area contributed by atoms with Gasteiger partial charge in [-0.3, -0.25) is 9.59 Å². The van der Waals surface area contributed by atoms with E-state index < -0.39 is 0 Å². The molecule has 1 heterocycles. The van der Waals surface area contributed by atoms with Crippen LogP contribution < -0.4 is 14.8 Å². The number of rotatable bonds is 6. The van der Waals surface area contributed by atoms with Crippen molar-refractivity contribution in [2.75, 3.05) is 32.1 Å². The minimum absolute atomic E-state index is 0.0221. The van der Waals surface area contributed by atoms with Gasteiger partial charge in [0, 0.05) is 18.8 Å². The average molecular weight is 398 g/mol. The first-order chi connectivity index (χ1) is 14.0. The van der Waals surface area contributed by atoms with Crippen LogP contribution in [0.5, 0.6) is 11.5 Å². The Hall–Kier alpha value is -3.06. The van der Waals surface area contributed by atoms with Crippen molar-refractivity contribution in [2.24, 2.45) is 0 Å². The Labute approximate surface area is 170 Å². The van der Waals surface area contributed by atoms with Gasteiger partial charge in [0.1, 0.15) is 11.5 Å². The minimum Gasteiger partial charge on any atom is -0.496 e. The zero-order valence-electron chi connectivity index (χ0n) is 16.9. The highest BCUT2D eigenvalue weighted by Crippen LogP contribution is 2.21. The molecule has 2 aromatic rings. The molecule has 0 spiro atoms. The van der Waals surface area contributed by atoms with Crippen LogP contribution in [0.15, 0.2) is 48.5 Å². The SMILES string of the molecule is COc1ccccc1C(=O)Nc1ccc(OCC(=O)N2CC(C)OC(C)C2)cc1. The molecule has 0 saturated carbocycles. The summed E-state index contributed by atoms with van der Waals surface area (Å²) in [6, 6.07) is 13.9. The standard InChI is InChI=1S/C22H26N2O5/c1-15-12-24(13-16(2)29-15)21(25)14-28-18-10-8-17(9-11-18)23-22(26)19-6-4-5-7-20(19)27-3/h4-11,15-16H,12-14H2,1-3H3,(H,23,26). The Balaban J connectivity index is 1.53. The molecule has 2 unspecified atom stereocenters. The predicted octanol–water partition coefficient (Wildman–Crippen LogP) is 2.96. The van der Waals surface area contributed by atoms with Crippen LogP contribution in [0.1, 0.15) is 24.2 Å². The van der Waals surface area contributed by atoms with Gasteiger partial charge >= 0.3 is 0 Å². The summed E-state index contributed by atoms with van der Waals surface area (Å²) in [4.78, 5) is 26.6. The minimum atomic E-state index is -0.262. The molecule has 1 fully saturated rings. The number of morpholine rings is 1. The highest BCUT2D eigenvalue weighted by molar-refractivity contribution is 6.06. The molecule has 1 saturated heterocycles. The van der Waals surface area contributed by atoms with Gasteiger partial charge in [-0.25, -0.2) is 0 Å². The number of hydrogen-bond acceptors (Lipinski definition) is 5. The van der Waals surface area contributed by atoms with Gasteiger partial charge in [-0.15, -0.1) is 0 Å². The smallest absolute Gasteiger partial charge is 0.260 e. The monoisotopic (exact) mass is 398 g/mol. The second-order valence-corrected chi connectivity index (χ2v) is 7.02. The number of para-hydroxylation sites is 1. The Morgan fingerprint density at radius 3 is 2.38 bits per heavy atom. The van der Waals surface area contributed by atoms with Crippen LogP contribution in [-0.2, 0) is 9.53 Å². The number of carbonyl (C=O) groups is 2. The van der Waals surface area contributed by atoms with E-state index >= 15 is 0 Å². The molecule has 0 aliphatic carbocycles. The Bertz CT molecular complexity index is 843. The third-order valence-electron chi connectivity index (χ3n) is 4.60. The van der Waals surface area contributed by atoms with Crippen molar-refractivity contribution in [2.45, 2.75) is 26.1 Å². The van der Waals surface area contributed by atoms with E-state index in [1.807, 2.05) is 13.8 Å². The predicted molar refractivity (Wildman–Crippen MR) is 109 cm³/mol. The molecule has 1 aliphatic rings. The van der Waals surface area contributed by atoms with Crippen LogP contribution in [0.4, 0.5) is 5.69 Å². The highest BCUT2D eigenvalue weighted by atomic mass is 16.5. The van der Waals surface area contributed by atoms with Crippen LogP contribution in [0.25, 0.3) is 0 Å². The molecule has 2 atom stereocenters. The van der Waals surface area contributed by atoms with Gasteiger partial charge in [0.25, 0.3) is 11.8 Å². The van der Waals surface area contributed by atoms with E-state index in [2.05, 4.69) is 5.32 Å². The number of ether oxygens (including phenoxy) is 3. The van der Waals surface area contributed by atoms with Gasteiger partial charge < -0.3 is 24.4 Å². The van der Waals surface area contributed by atoms with E-state index in [0.29, 0.717) is 35.8 Å². The van der Waals surface area contributed by atoms with Gasteiger partial charge in [-0.05, 0) is 50.2 Å². The molecule has 2 aromatic carbocycles. The van der Waals surface area contributed by atoms with Crippen molar-refractivity contribution >= 4 is 17.5 Å². The number of nitrogens with one attached hydrogen (secondary N) is 1. The van der Waals surface area contributed by atoms with Gasteiger partial charge in [0.15, 0.2) is 6.61 Å². The zero-order valence-corrected chi connectivity index (χ0v) is 16.9.